The van der Waals surface area contributed by atoms with Crippen LogP contribution in [-0.4, -0.2) is 28.0 Å². The second-order valence-electron chi connectivity index (χ2n) is 8.57. The van der Waals surface area contributed by atoms with Crippen molar-refractivity contribution < 1.29 is 18.9 Å². The maximum absolute atomic E-state index is 12.9. The number of carbonyl (C=O) groups is 2. The van der Waals surface area contributed by atoms with Crippen LogP contribution in [0.1, 0.15) is 18.6 Å². The van der Waals surface area contributed by atoms with Gasteiger partial charge < -0.3 is 4.42 Å². The molecule has 8 nitrogen and oxygen atoms in total. The van der Waals surface area contributed by atoms with Gasteiger partial charge >= 0.3 is 0 Å². The fraction of sp³-hybridized carbons (Fsp3) is 0.318. The van der Waals surface area contributed by atoms with E-state index in [0.29, 0.717) is 0 Å². The van der Waals surface area contributed by atoms with Crippen LogP contribution in [0, 0.1) is 39.2 Å². The van der Waals surface area contributed by atoms with Gasteiger partial charge in [0, 0.05) is 11.1 Å². The van der Waals surface area contributed by atoms with Gasteiger partial charge in [0.25, 0.3) is 17.5 Å². The van der Waals surface area contributed by atoms with Crippen molar-refractivity contribution in [3.8, 4) is 11.3 Å². The van der Waals surface area contributed by atoms with E-state index in [2.05, 4.69) is 17.3 Å². The molecule has 2 bridgehead atoms. The number of benzene rings is 1. The zero-order valence-electron chi connectivity index (χ0n) is 16.1. The topological polar surface area (TPSA) is 106 Å². The number of rotatable bonds is 4. The van der Waals surface area contributed by atoms with Crippen molar-refractivity contribution in [3.63, 3.8) is 0 Å². The van der Waals surface area contributed by atoms with Gasteiger partial charge in [0.2, 0.25) is 0 Å². The van der Waals surface area contributed by atoms with Gasteiger partial charge in [-0.05, 0) is 54.4 Å². The summed E-state index contributed by atoms with van der Waals surface area (Å²) < 4.78 is 5.66. The molecule has 2 saturated carbocycles. The molecule has 4 aliphatic rings. The van der Waals surface area contributed by atoms with E-state index in [1.807, 2.05) is 0 Å². The lowest BCUT2D eigenvalue weighted by molar-refractivity contribution is -0.384. The molecule has 1 aromatic heterocycles. The summed E-state index contributed by atoms with van der Waals surface area (Å²) in [5, 5.41) is 16.6. The molecule has 3 aliphatic carbocycles. The van der Waals surface area contributed by atoms with Gasteiger partial charge in [-0.15, -0.1) is 0 Å². The average molecular weight is 438 g/mol. The van der Waals surface area contributed by atoms with Crippen LogP contribution in [0.2, 0.25) is 5.02 Å². The second-order valence-corrected chi connectivity index (χ2v) is 9.01. The first-order valence-corrected chi connectivity index (χ1v) is 10.4. The van der Waals surface area contributed by atoms with Crippen LogP contribution in [0.4, 0.5) is 5.69 Å². The van der Waals surface area contributed by atoms with Crippen LogP contribution in [0.25, 0.3) is 11.3 Å². The molecular weight excluding hydrogens is 422 g/mol. The van der Waals surface area contributed by atoms with Crippen LogP contribution >= 0.6 is 11.6 Å². The van der Waals surface area contributed by atoms with E-state index in [4.69, 9.17) is 16.0 Å². The minimum atomic E-state index is -0.535. The fourth-order valence-electron chi connectivity index (χ4n) is 5.72. The molecule has 156 valence electrons. The molecule has 6 rings (SSSR count). The number of carbonyl (C=O) groups excluding carboxylic acids is 2. The molecule has 1 aromatic carbocycles. The van der Waals surface area contributed by atoms with Crippen molar-refractivity contribution in [2.45, 2.75) is 12.8 Å². The summed E-state index contributed by atoms with van der Waals surface area (Å²) in [5.74, 6) is -0.323. The van der Waals surface area contributed by atoms with Gasteiger partial charge in [0.05, 0.1) is 28.5 Å². The minimum absolute atomic E-state index is 0.139. The fourth-order valence-corrected chi connectivity index (χ4v) is 5.89. The van der Waals surface area contributed by atoms with E-state index in [9.17, 15) is 19.7 Å². The minimum Gasteiger partial charge on any atom is -0.455 e. The van der Waals surface area contributed by atoms with Crippen LogP contribution < -0.4 is 0 Å². The van der Waals surface area contributed by atoms with Gasteiger partial charge in [0.1, 0.15) is 11.5 Å². The third-order valence-electron chi connectivity index (χ3n) is 7.18. The van der Waals surface area contributed by atoms with Crippen molar-refractivity contribution in [1.82, 2.24) is 5.01 Å². The van der Waals surface area contributed by atoms with E-state index >= 15 is 0 Å². The van der Waals surface area contributed by atoms with Gasteiger partial charge in [-0.25, -0.2) is 0 Å². The standard InChI is InChI=1S/C22H16ClN3O5/c23-11-1-3-13(16(9-11)26(29)30)17-6-2-12(31-17)10-24-25-20(27)18-14-4-5-15(19(18)21(25)28)22(14)7-8-22/h1-6,9-10,14-15,18-19H,7-8H2/b24-10-/t14-,15-,18-,19+/m1/s1. The number of halogens is 1. The maximum Gasteiger partial charge on any atom is 0.281 e. The van der Waals surface area contributed by atoms with Gasteiger partial charge in [-0.2, -0.15) is 10.1 Å². The summed E-state index contributed by atoms with van der Waals surface area (Å²) in [7, 11) is 0. The van der Waals surface area contributed by atoms with Crippen molar-refractivity contribution in [2.24, 2.45) is 34.2 Å². The predicted molar refractivity (Wildman–Crippen MR) is 110 cm³/mol. The zero-order valence-corrected chi connectivity index (χ0v) is 16.9. The number of nitrogens with zero attached hydrogens (tertiary/aromatic N) is 3. The van der Waals surface area contributed by atoms with Crippen molar-refractivity contribution in [3.05, 3.63) is 63.4 Å². The third-order valence-corrected chi connectivity index (χ3v) is 7.41. The Hall–Kier alpha value is -3.26. The van der Waals surface area contributed by atoms with E-state index in [1.54, 1.807) is 12.1 Å². The van der Waals surface area contributed by atoms with Crippen molar-refractivity contribution >= 4 is 35.3 Å². The smallest absolute Gasteiger partial charge is 0.281 e. The van der Waals surface area contributed by atoms with Crippen molar-refractivity contribution in [1.29, 1.82) is 0 Å². The van der Waals surface area contributed by atoms with Crippen LogP contribution in [-0.2, 0) is 9.59 Å². The first-order valence-electron chi connectivity index (χ1n) is 10.0. The SMILES string of the molecule is O=C1[C@@H]2[C@H](C(=O)N1/N=C\c1ccc(-c3ccc(Cl)cc3[N+](=O)[O-])o1)[C@H]1C=C[C@H]2C12CC2. The molecule has 1 aliphatic heterocycles. The highest BCUT2D eigenvalue weighted by Gasteiger charge is 2.73. The van der Waals surface area contributed by atoms with E-state index in [1.165, 1.54) is 24.4 Å². The molecule has 2 heterocycles. The monoisotopic (exact) mass is 437 g/mol. The number of allylic oxidation sites excluding steroid dienone is 2. The molecule has 0 N–H and O–H groups in total. The Bertz CT molecular complexity index is 1190. The Morgan fingerprint density at radius 3 is 2.42 bits per heavy atom. The molecule has 0 unspecified atom stereocenters. The highest BCUT2D eigenvalue weighted by Crippen LogP contribution is 2.73. The molecule has 1 saturated heterocycles. The summed E-state index contributed by atoms with van der Waals surface area (Å²) >= 11 is 5.86. The Labute approximate surface area is 181 Å². The largest absolute Gasteiger partial charge is 0.455 e. The Morgan fingerprint density at radius 2 is 1.81 bits per heavy atom. The molecule has 4 atom stereocenters. The number of hydrogen-bond acceptors (Lipinski definition) is 6. The van der Waals surface area contributed by atoms with Gasteiger partial charge in [0.15, 0.2) is 0 Å². The number of nitro groups is 1. The number of imide groups is 1. The van der Waals surface area contributed by atoms with E-state index in [0.717, 1.165) is 17.9 Å². The number of fused-ring (bicyclic) bond motifs is 3. The number of hydrogen-bond donors (Lipinski definition) is 0. The van der Waals surface area contributed by atoms with Crippen LogP contribution in [0.3, 0.4) is 0 Å². The van der Waals surface area contributed by atoms with Crippen molar-refractivity contribution in [2.75, 3.05) is 0 Å². The Balaban J connectivity index is 1.25. The Morgan fingerprint density at radius 1 is 1.13 bits per heavy atom. The molecule has 3 fully saturated rings. The van der Waals surface area contributed by atoms with Crippen LogP contribution in [0.5, 0.6) is 0 Å². The number of nitro benzene ring substituents is 1. The quantitative estimate of drug-likeness (QED) is 0.236. The molecule has 31 heavy (non-hydrogen) atoms. The molecule has 0 radical (unpaired) electrons. The number of amides is 2. The van der Waals surface area contributed by atoms with Gasteiger partial charge in [-0.1, -0.05) is 23.8 Å². The summed E-state index contributed by atoms with van der Waals surface area (Å²) in [6.45, 7) is 0. The molecule has 9 heteroatoms. The normalized spacial score (nSPS) is 29.5. The second kappa shape index (κ2) is 6.13. The van der Waals surface area contributed by atoms with Crippen LogP contribution in [0.15, 0.2) is 52.0 Å². The summed E-state index contributed by atoms with van der Waals surface area (Å²) in [4.78, 5) is 36.7. The first-order chi connectivity index (χ1) is 14.9. The molecule has 1 spiro atoms. The summed E-state index contributed by atoms with van der Waals surface area (Å²) in [6.07, 6.45) is 7.67. The summed E-state index contributed by atoms with van der Waals surface area (Å²) in [6, 6.07) is 7.44. The average Bonchev–Trinajstić information content (AvgIpc) is 3.03. The highest BCUT2D eigenvalue weighted by atomic mass is 35.5. The molecular formula is C22H16ClN3O5. The lowest BCUT2D eigenvalue weighted by Gasteiger charge is -2.18. The zero-order chi connectivity index (χ0) is 21.5. The number of furan rings is 1. The third kappa shape index (κ3) is 2.45. The maximum atomic E-state index is 12.9. The first kappa shape index (κ1) is 18.5. The highest BCUT2D eigenvalue weighted by molar-refractivity contribution is 6.30. The lowest BCUT2D eigenvalue weighted by atomic mass is 9.85. The molecule has 2 aromatic rings. The lowest BCUT2D eigenvalue weighted by Crippen LogP contribution is -2.30. The van der Waals surface area contributed by atoms with E-state index in [-0.39, 0.29) is 68.7 Å². The predicted octanol–water partition coefficient (Wildman–Crippen LogP) is 4.04. The summed E-state index contributed by atoms with van der Waals surface area (Å²) in [5.41, 5.74) is 0.231. The Kier molecular flexibility index (Phi) is 3.66. The number of hydrazone groups is 1. The van der Waals surface area contributed by atoms with E-state index < -0.39 is 4.92 Å². The van der Waals surface area contributed by atoms with Gasteiger partial charge in [-0.3, -0.25) is 19.7 Å². The molecule has 2 amide bonds.